The number of imide groups is 1. The highest BCUT2D eigenvalue weighted by molar-refractivity contribution is 9.10. The average Bonchev–Trinajstić information content (AvgIpc) is 3.25. The SMILES string of the molecule is CCC[C@H]1C[C@@H]2C(=O)N(C3CCCCC3)C(=O)[C@@H]2[C@@H]2C[C@@H](c3cc(Br)ccc3O)O[C@]12O. The van der Waals surface area contributed by atoms with Gasteiger partial charge in [-0.1, -0.05) is 48.5 Å². The number of aliphatic hydroxyl groups is 1. The van der Waals surface area contributed by atoms with Crippen molar-refractivity contribution >= 4 is 27.7 Å². The van der Waals surface area contributed by atoms with E-state index in [-0.39, 0.29) is 35.4 Å². The van der Waals surface area contributed by atoms with Crippen molar-refractivity contribution in [2.24, 2.45) is 23.7 Å². The van der Waals surface area contributed by atoms with Gasteiger partial charge in [0.2, 0.25) is 11.8 Å². The van der Waals surface area contributed by atoms with Crippen molar-refractivity contribution in [2.75, 3.05) is 0 Å². The minimum atomic E-state index is -1.46. The standard InChI is InChI=1S/C25H32BrNO5/c1-2-6-14-11-18-22(24(30)27(23(18)29)16-7-4-3-5-8-16)19-13-21(32-25(14,19)31)17-12-15(26)9-10-20(17)28/h9-10,12,14,16,18-19,21-22,28,31H,2-8,11,13H2,1H3/t14-,18-,19-,21-,22-,25+/m0/s1. The summed E-state index contributed by atoms with van der Waals surface area (Å²) in [4.78, 5) is 28.7. The van der Waals surface area contributed by atoms with Crippen molar-refractivity contribution in [2.45, 2.75) is 82.6 Å². The van der Waals surface area contributed by atoms with Crippen LogP contribution in [-0.4, -0.2) is 38.8 Å². The van der Waals surface area contributed by atoms with Crippen LogP contribution in [0.4, 0.5) is 0 Å². The van der Waals surface area contributed by atoms with E-state index in [2.05, 4.69) is 22.9 Å². The topological polar surface area (TPSA) is 87.1 Å². The van der Waals surface area contributed by atoms with Crippen molar-refractivity contribution in [3.63, 3.8) is 0 Å². The molecule has 0 unspecified atom stereocenters. The number of hydrogen-bond acceptors (Lipinski definition) is 5. The van der Waals surface area contributed by atoms with Crippen LogP contribution in [0.2, 0.25) is 0 Å². The summed E-state index contributed by atoms with van der Waals surface area (Å²) in [5.41, 5.74) is 0.606. The Morgan fingerprint density at radius 3 is 2.62 bits per heavy atom. The molecule has 7 heteroatoms. The van der Waals surface area contributed by atoms with Gasteiger partial charge >= 0.3 is 0 Å². The molecule has 0 spiro atoms. The van der Waals surface area contributed by atoms with Crippen LogP contribution < -0.4 is 0 Å². The number of nitrogens with zero attached hydrogens (tertiary/aromatic N) is 1. The maximum absolute atomic E-state index is 13.6. The summed E-state index contributed by atoms with van der Waals surface area (Å²) >= 11 is 3.45. The van der Waals surface area contributed by atoms with Crippen LogP contribution in [0.5, 0.6) is 5.75 Å². The normalized spacial score (nSPS) is 37.6. The Hall–Kier alpha value is -1.44. The molecule has 174 valence electrons. The lowest BCUT2D eigenvalue weighted by atomic mass is 9.63. The Kier molecular flexibility index (Phi) is 5.87. The fraction of sp³-hybridized carbons (Fsp3) is 0.680. The molecule has 4 aliphatic rings. The molecule has 6 atom stereocenters. The molecule has 2 saturated heterocycles. The molecule has 2 aliphatic heterocycles. The highest BCUT2D eigenvalue weighted by Crippen LogP contribution is 2.60. The number of phenols is 1. The van der Waals surface area contributed by atoms with Crippen molar-refractivity contribution in [3.8, 4) is 5.75 Å². The van der Waals surface area contributed by atoms with Crippen LogP contribution >= 0.6 is 15.9 Å². The first-order valence-corrected chi connectivity index (χ1v) is 12.9. The molecule has 1 aromatic rings. The number of likely N-dealkylation sites (tertiary alicyclic amines) is 1. The fourth-order valence-electron chi connectivity index (χ4n) is 6.86. The Labute approximate surface area is 197 Å². The summed E-state index contributed by atoms with van der Waals surface area (Å²) in [5.74, 6) is -3.08. The number of phenolic OH excluding ortho intramolecular Hbond substituents is 1. The highest BCUT2D eigenvalue weighted by Gasteiger charge is 2.67. The summed E-state index contributed by atoms with van der Waals surface area (Å²) in [6, 6.07) is 5.17. The first-order chi connectivity index (χ1) is 15.3. The van der Waals surface area contributed by atoms with Crippen LogP contribution in [0.3, 0.4) is 0 Å². The van der Waals surface area contributed by atoms with E-state index in [0.29, 0.717) is 18.4 Å². The number of halogens is 1. The maximum Gasteiger partial charge on any atom is 0.233 e. The van der Waals surface area contributed by atoms with Crippen LogP contribution in [-0.2, 0) is 14.3 Å². The molecule has 32 heavy (non-hydrogen) atoms. The van der Waals surface area contributed by atoms with Crippen LogP contribution in [0, 0.1) is 23.7 Å². The number of aromatic hydroxyl groups is 1. The number of carbonyl (C=O) groups excluding carboxylic acids is 2. The number of carbonyl (C=O) groups is 2. The van der Waals surface area contributed by atoms with Gasteiger partial charge in [0.25, 0.3) is 0 Å². The lowest BCUT2D eigenvalue weighted by molar-refractivity contribution is -0.270. The first-order valence-electron chi connectivity index (χ1n) is 12.1. The van der Waals surface area contributed by atoms with Gasteiger partial charge < -0.3 is 14.9 Å². The van der Waals surface area contributed by atoms with E-state index in [9.17, 15) is 19.8 Å². The minimum absolute atomic E-state index is 0.000639. The molecule has 1 aromatic carbocycles. The molecular weight excluding hydrogens is 474 g/mol. The van der Waals surface area contributed by atoms with E-state index in [4.69, 9.17) is 4.74 Å². The lowest BCUT2D eigenvalue weighted by Gasteiger charge is -2.44. The van der Waals surface area contributed by atoms with E-state index >= 15 is 0 Å². The number of benzene rings is 1. The lowest BCUT2D eigenvalue weighted by Crippen LogP contribution is -2.53. The highest BCUT2D eigenvalue weighted by atomic mass is 79.9. The van der Waals surface area contributed by atoms with Gasteiger partial charge in [-0.05, 0) is 50.3 Å². The second kappa shape index (κ2) is 8.41. The summed E-state index contributed by atoms with van der Waals surface area (Å²) in [6.45, 7) is 2.06. The predicted octanol–water partition coefficient (Wildman–Crippen LogP) is 4.67. The number of rotatable bonds is 4. The molecule has 2 amide bonds. The van der Waals surface area contributed by atoms with Gasteiger partial charge in [-0.15, -0.1) is 0 Å². The summed E-state index contributed by atoms with van der Waals surface area (Å²) in [6.07, 6.45) is 7.01. The van der Waals surface area contributed by atoms with Gasteiger partial charge in [0, 0.05) is 27.9 Å². The van der Waals surface area contributed by atoms with E-state index in [0.717, 1.165) is 49.4 Å². The van der Waals surface area contributed by atoms with E-state index < -0.39 is 23.7 Å². The van der Waals surface area contributed by atoms with Crippen molar-refractivity contribution in [3.05, 3.63) is 28.2 Å². The van der Waals surface area contributed by atoms with E-state index in [1.54, 1.807) is 17.0 Å². The minimum Gasteiger partial charge on any atom is -0.508 e. The zero-order valence-corrected chi connectivity index (χ0v) is 20.1. The third-order valence-electron chi connectivity index (χ3n) is 8.31. The summed E-state index contributed by atoms with van der Waals surface area (Å²) in [7, 11) is 0. The Morgan fingerprint density at radius 2 is 1.91 bits per heavy atom. The molecule has 6 nitrogen and oxygen atoms in total. The number of amides is 2. The van der Waals surface area contributed by atoms with Crippen molar-refractivity contribution < 1.29 is 24.5 Å². The summed E-state index contributed by atoms with van der Waals surface area (Å²) in [5, 5.41) is 22.3. The molecule has 0 bridgehead atoms. The first kappa shape index (κ1) is 22.4. The van der Waals surface area contributed by atoms with Crippen LogP contribution in [0.15, 0.2) is 22.7 Å². The van der Waals surface area contributed by atoms with Crippen LogP contribution in [0.25, 0.3) is 0 Å². The Bertz CT molecular complexity index is 916. The largest absolute Gasteiger partial charge is 0.508 e. The average molecular weight is 506 g/mol. The molecule has 4 fully saturated rings. The molecule has 2 aliphatic carbocycles. The van der Waals surface area contributed by atoms with Gasteiger partial charge in [0.05, 0.1) is 17.9 Å². The monoisotopic (exact) mass is 505 g/mol. The Balaban J connectivity index is 1.50. The van der Waals surface area contributed by atoms with Crippen molar-refractivity contribution in [1.82, 2.24) is 4.90 Å². The molecule has 5 rings (SSSR count). The molecule has 0 radical (unpaired) electrons. The summed E-state index contributed by atoms with van der Waals surface area (Å²) < 4.78 is 7.12. The zero-order chi connectivity index (χ0) is 22.6. The smallest absolute Gasteiger partial charge is 0.233 e. The third-order valence-corrected chi connectivity index (χ3v) is 8.80. The van der Waals surface area contributed by atoms with Gasteiger partial charge in [-0.3, -0.25) is 14.5 Å². The number of hydrogen-bond donors (Lipinski definition) is 2. The fourth-order valence-corrected chi connectivity index (χ4v) is 7.24. The number of fused-ring (bicyclic) bond motifs is 3. The molecule has 2 saturated carbocycles. The number of ether oxygens (including phenoxy) is 1. The predicted molar refractivity (Wildman–Crippen MR) is 121 cm³/mol. The van der Waals surface area contributed by atoms with Gasteiger partial charge in [0.1, 0.15) is 5.75 Å². The molecule has 0 aromatic heterocycles. The second-order valence-electron chi connectivity index (χ2n) is 10.1. The maximum atomic E-state index is 13.6. The van der Waals surface area contributed by atoms with Gasteiger partial charge in [-0.25, -0.2) is 0 Å². The zero-order valence-electron chi connectivity index (χ0n) is 18.5. The van der Waals surface area contributed by atoms with E-state index in [1.165, 1.54) is 0 Å². The quantitative estimate of drug-likeness (QED) is 0.580. The second-order valence-corrected chi connectivity index (χ2v) is 11.0. The third kappa shape index (κ3) is 3.43. The van der Waals surface area contributed by atoms with Gasteiger partial charge in [0.15, 0.2) is 5.79 Å². The van der Waals surface area contributed by atoms with Crippen LogP contribution in [0.1, 0.15) is 76.4 Å². The molecule has 2 N–H and O–H groups in total. The van der Waals surface area contributed by atoms with Crippen molar-refractivity contribution in [1.29, 1.82) is 0 Å². The molecular formula is C25H32BrNO5. The molecule has 2 heterocycles. The van der Waals surface area contributed by atoms with E-state index in [1.807, 2.05) is 6.07 Å². The Morgan fingerprint density at radius 1 is 1.16 bits per heavy atom. The van der Waals surface area contributed by atoms with Gasteiger partial charge in [-0.2, -0.15) is 0 Å².